The van der Waals surface area contributed by atoms with Gasteiger partial charge in [-0.05, 0) is 38.3 Å². The normalized spacial score (nSPS) is 12.0. The molecule has 0 saturated heterocycles. The Hall–Kier alpha value is 0.890. The number of hydrogen-bond acceptors (Lipinski definition) is 0. The van der Waals surface area contributed by atoms with Gasteiger partial charge in [-0.25, -0.2) is 4.39 Å². The fourth-order valence-corrected chi connectivity index (χ4v) is 2.02. The van der Waals surface area contributed by atoms with E-state index >= 15 is 0 Å². The Labute approximate surface area is 104 Å². The summed E-state index contributed by atoms with van der Waals surface area (Å²) in [5.41, 5.74) is 0. The van der Waals surface area contributed by atoms with Crippen LogP contribution < -0.4 is 0 Å². The molecule has 0 aliphatic heterocycles. The predicted octanol–water partition coefficient (Wildman–Crippen LogP) is 5.93. The Bertz CT molecular complexity index is 121. The maximum atomic E-state index is 12.9. The van der Waals surface area contributed by atoms with Crippen LogP contribution in [0.5, 0.6) is 0 Å². The zero-order valence-electron chi connectivity index (χ0n) is 9.00. The van der Waals surface area contributed by atoms with Crippen molar-refractivity contribution in [3.8, 4) is 0 Å². The van der Waals surface area contributed by atoms with Crippen LogP contribution in [0.25, 0.3) is 0 Å². The van der Waals surface area contributed by atoms with Crippen molar-refractivity contribution >= 4 is 31.9 Å². The molecule has 86 valence electrons. The van der Waals surface area contributed by atoms with Gasteiger partial charge in [0.05, 0.1) is 0 Å². The van der Waals surface area contributed by atoms with Crippen LogP contribution in [0.3, 0.4) is 0 Å². The summed E-state index contributed by atoms with van der Waals surface area (Å²) in [7, 11) is 0. The minimum Gasteiger partial charge on any atom is -0.219 e. The lowest BCUT2D eigenvalue weighted by molar-refractivity contribution is 0.391. The third-order valence-corrected chi connectivity index (χ3v) is 3.11. The van der Waals surface area contributed by atoms with E-state index in [1.165, 1.54) is 38.5 Å². The number of hydrogen-bond donors (Lipinski definition) is 0. The average molecular weight is 332 g/mol. The van der Waals surface area contributed by atoms with E-state index in [1.54, 1.807) is 0 Å². The summed E-state index contributed by atoms with van der Waals surface area (Å²) in [4.78, 5) is 0. The molecule has 3 heteroatoms. The van der Waals surface area contributed by atoms with Crippen molar-refractivity contribution < 1.29 is 4.39 Å². The van der Waals surface area contributed by atoms with Crippen LogP contribution in [0, 0.1) is 0 Å². The lowest BCUT2D eigenvalue weighted by Gasteiger charge is -2.08. The molecule has 0 saturated carbocycles. The molecule has 0 aromatic heterocycles. The average Bonchev–Trinajstić information content (AvgIpc) is 2.08. The molecule has 14 heavy (non-hydrogen) atoms. The second kappa shape index (κ2) is 9.14. The van der Waals surface area contributed by atoms with Gasteiger partial charge in [0, 0.05) is 6.42 Å². The van der Waals surface area contributed by atoms with Crippen molar-refractivity contribution in [1.29, 1.82) is 0 Å². The molecule has 0 heterocycles. The van der Waals surface area contributed by atoms with E-state index in [0.29, 0.717) is 6.42 Å². The first kappa shape index (κ1) is 14.9. The molecule has 0 radical (unpaired) electrons. The zero-order chi connectivity index (χ0) is 10.9. The van der Waals surface area contributed by atoms with E-state index in [9.17, 15) is 4.39 Å². The predicted molar refractivity (Wildman–Crippen MR) is 68.9 cm³/mol. The smallest absolute Gasteiger partial charge is 0.218 e. The van der Waals surface area contributed by atoms with Crippen molar-refractivity contribution in [2.75, 3.05) is 0 Å². The number of alkyl halides is 3. The molecule has 0 spiro atoms. The highest BCUT2D eigenvalue weighted by molar-refractivity contribution is 9.25. The summed E-state index contributed by atoms with van der Waals surface area (Å²) in [5.74, 6) is 0. The van der Waals surface area contributed by atoms with Crippen molar-refractivity contribution in [2.24, 2.45) is 0 Å². The van der Waals surface area contributed by atoms with Crippen molar-refractivity contribution in [3.63, 3.8) is 0 Å². The molecule has 0 unspecified atom stereocenters. The minimum absolute atomic E-state index is 0.558. The molecule has 0 amide bonds. The van der Waals surface area contributed by atoms with Gasteiger partial charge in [-0.15, -0.1) is 0 Å². The molecule has 0 atom stereocenters. The van der Waals surface area contributed by atoms with Crippen molar-refractivity contribution in [2.45, 2.75) is 68.2 Å². The topological polar surface area (TPSA) is 0 Å². The quantitative estimate of drug-likeness (QED) is 0.363. The Kier molecular flexibility index (Phi) is 9.72. The van der Waals surface area contributed by atoms with Gasteiger partial charge in [0.2, 0.25) is 3.49 Å². The molecular formula is C11H21Br2F. The summed E-state index contributed by atoms with van der Waals surface area (Å²) >= 11 is 5.86. The third-order valence-electron chi connectivity index (χ3n) is 2.31. The van der Waals surface area contributed by atoms with Gasteiger partial charge in [-0.3, -0.25) is 0 Å². The van der Waals surface area contributed by atoms with Crippen LogP contribution in [-0.2, 0) is 0 Å². The molecule has 0 rings (SSSR count). The lowest BCUT2D eigenvalue weighted by atomic mass is 10.1. The summed E-state index contributed by atoms with van der Waals surface area (Å²) in [6.07, 6.45) is 10.6. The van der Waals surface area contributed by atoms with E-state index in [2.05, 4.69) is 38.8 Å². The molecule has 0 aromatic carbocycles. The first-order valence-corrected chi connectivity index (χ1v) is 7.21. The second-order valence-corrected chi connectivity index (χ2v) is 7.42. The minimum atomic E-state index is -1.33. The van der Waals surface area contributed by atoms with E-state index in [1.807, 2.05) is 0 Å². The SMILES string of the molecule is CCCCCCCCCCC(F)(Br)Br. The first-order chi connectivity index (χ1) is 6.56. The Morgan fingerprint density at radius 1 is 0.857 bits per heavy atom. The van der Waals surface area contributed by atoms with Gasteiger partial charge in [0.15, 0.2) is 0 Å². The molecule has 0 nitrogen and oxygen atoms in total. The van der Waals surface area contributed by atoms with Crippen LogP contribution >= 0.6 is 31.9 Å². The summed E-state index contributed by atoms with van der Waals surface area (Å²) in [6.45, 7) is 2.23. The van der Waals surface area contributed by atoms with E-state index in [0.717, 1.165) is 12.8 Å². The van der Waals surface area contributed by atoms with Crippen molar-refractivity contribution in [3.05, 3.63) is 0 Å². The fraction of sp³-hybridized carbons (Fsp3) is 1.00. The maximum Gasteiger partial charge on any atom is 0.218 e. The zero-order valence-corrected chi connectivity index (χ0v) is 12.2. The van der Waals surface area contributed by atoms with Crippen LogP contribution in [0.1, 0.15) is 64.7 Å². The molecule has 0 aliphatic carbocycles. The van der Waals surface area contributed by atoms with E-state index in [4.69, 9.17) is 0 Å². The number of unbranched alkanes of at least 4 members (excludes halogenated alkanes) is 7. The number of rotatable bonds is 9. The van der Waals surface area contributed by atoms with Gasteiger partial charge in [0.25, 0.3) is 0 Å². The maximum absolute atomic E-state index is 12.9. The lowest BCUT2D eigenvalue weighted by Crippen LogP contribution is -2.00. The van der Waals surface area contributed by atoms with Crippen LogP contribution in [0.2, 0.25) is 0 Å². The van der Waals surface area contributed by atoms with Crippen LogP contribution in [0.15, 0.2) is 0 Å². The highest BCUT2D eigenvalue weighted by Crippen LogP contribution is 2.33. The molecule has 0 aromatic rings. The van der Waals surface area contributed by atoms with Crippen LogP contribution in [-0.4, -0.2) is 3.49 Å². The Morgan fingerprint density at radius 3 is 1.71 bits per heavy atom. The fourth-order valence-electron chi connectivity index (χ4n) is 1.46. The van der Waals surface area contributed by atoms with Crippen LogP contribution in [0.4, 0.5) is 4.39 Å². The first-order valence-electron chi connectivity index (χ1n) is 5.63. The molecule has 0 N–H and O–H groups in total. The Morgan fingerprint density at radius 2 is 1.29 bits per heavy atom. The van der Waals surface area contributed by atoms with Gasteiger partial charge in [-0.1, -0.05) is 51.9 Å². The van der Waals surface area contributed by atoms with Gasteiger partial charge in [0.1, 0.15) is 0 Å². The molecule has 0 bridgehead atoms. The van der Waals surface area contributed by atoms with Gasteiger partial charge in [-0.2, -0.15) is 0 Å². The molecule has 0 aliphatic rings. The van der Waals surface area contributed by atoms with Gasteiger partial charge < -0.3 is 0 Å². The largest absolute Gasteiger partial charge is 0.219 e. The number of halogens is 3. The standard InChI is InChI=1S/C11H21Br2F/c1-2-3-4-5-6-7-8-9-10-11(12,13)14/h2-10H2,1H3. The highest BCUT2D eigenvalue weighted by atomic mass is 79.9. The monoisotopic (exact) mass is 330 g/mol. The van der Waals surface area contributed by atoms with E-state index in [-0.39, 0.29) is 0 Å². The van der Waals surface area contributed by atoms with Crippen molar-refractivity contribution in [1.82, 2.24) is 0 Å². The highest BCUT2D eigenvalue weighted by Gasteiger charge is 2.18. The Balaban J connectivity index is 2.99. The van der Waals surface area contributed by atoms with Gasteiger partial charge >= 0.3 is 0 Å². The molecule has 0 fully saturated rings. The third kappa shape index (κ3) is 12.9. The summed E-state index contributed by atoms with van der Waals surface area (Å²) in [6, 6.07) is 0. The van der Waals surface area contributed by atoms with E-state index < -0.39 is 3.49 Å². The summed E-state index contributed by atoms with van der Waals surface area (Å²) < 4.78 is 11.6. The second-order valence-electron chi connectivity index (χ2n) is 3.84. The summed E-state index contributed by atoms with van der Waals surface area (Å²) in [5, 5.41) is 0. The molecular weight excluding hydrogens is 311 g/mol.